The quantitative estimate of drug-likeness (QED) is 0.921. The Balaban J connectivity index is 1.19. The Labute approximate surface area is 144 Å². The van der Waals surface area contributed by atoms with Gasteiger partial charge in [-0.15, -0.1) is 0 Å². The van der Waals surface area contributed by atoms with E-state index in [1.165, 1.54) is 31.2 Å². The summed E-state index contributed by atoms with van der Waals surface area (Å²) in [6.45, 7) is 4.52. The predicted molar refractivity (Wildman–Crippen MR) is 93.7 cm³/mol. The fourth-order valence-corrected chi connectivity index (χ4v) is 4.89. The Morgan fingerprint density at radius 2 is 1.92 bits per heavy atom. The van der Waals surface area contributed by atoms with Crippen LogP contribution in [0.3, 0.4) is 0 Å². The van der Waals surface area contributed by atoms with Gasteiger partial charge >= 0.3 is 6.03 Å². The van der Waals surface area contributed by atoms with Crippen LogP contribution in [0.1, 0.15) is 31.2 Å². The second kappa shape index (κ2) is 7.09. The molecule has 0 spiro atoms. The van der Waals surface area contributed by atoms with Gasteiger partial charge in [0.25, 0.3) is 0 Å². The molecule has 1 aromatic rings. The minimum Gasteiger partial charge on any atom is -0.338 e. The number of rotatable bonds is 4. The topological polar surface area (TPSA) is 48.5 Å². The van der Waals surface area contributed by atoms with Gasteiger partial charge in [-0.05, 0) is 55.2 Å². The average Bonchev–Trinajstić information content (AvgIpc) is 3.26. The Kier molecular flexibility index (Phi) is 4.69. The number of pyridine rings is 1. The number of nitrogens with zero attached hydrogens (tertiary/aromatic N) is 3. The molecule has 1 saturated heterocycles. The predicted octanol–water partition coefficient (Wildman–Crippen LogP) is 2.14. The van der Waals surface area contributed by atoms with Crippen molar-refractivity contribution in [3.63, 3.8) is 0 Å². The van der Waals surface area contributed by atoms with Crippen molar-refractivity contribution in [1.29, 1.82) is 0 Å². The fraction of sp³-hybridized carbons (Fsp3) is 0.684. The molecule has 0 radical (unpaired) electrons. The molecule has 3 aliphatic rings. The number of carbonyl (C=O) groups is 1. The Morgan fingerprint density at radius 1 is 1.12 bits per heavy atom. The minimum absolute atomic E-state index is 0.0941. The standard InChI is InChI=1S/C19H28N4O/c24-19(21-8-5-15-3-6-20-7-4-15)23-11-9-22(10-12-23)18-14-16-1-2-17(18)13-16/h3-4,6-7,16-18H,1-2,5,8-14H2,(H,21,24). The second-order valence-electron chi connectivity index (χ2n) is 7.60. The van der Waals surface area contributed by atoms with Crippen LogP contribution < -0.4 is 5.32 Å². The summed E-state index contributed by atoms with van der Waals surface area (Å²) in [6, 6.07) is 4.90. The van der Waals surface area contributed by atoms with Gasteiger partial charge < -0.3 is 10.2 Å². The summed E-state index contributed by atoms with van der Waals surface area (Å²) >= 11 is 0. The highest BCUT2D eigenvalue weighted by molar-refractivity contribution is 5.74. The van der Waals surface area contributed by atoms with Crippen LogP contribution in [0, 0.1) is 11.8 Å². The number of fused-ring (bicyclic) bond motifs is 2. The van der Waals surface area contributed by atoms with E-state index in [0.717, 1.165) is 50.5 Å². The van der Waals surface area contributed by atoms with Gasteiger partial charge in [0.1, 0.15) is 0 Å². The van der Waals surface area contributed by atoms with Crippen LogP contribution in [-0.4, -0.2) is 59.6 Å². The van der Waals surface area contributed by atoms with Gasteiger partial charge in [-0.25, -0.2) is 4.79 Å². The van der Waals surface area contributed by atoms with E-state index in [2.05, 4.69) is 15.2 Å². The molecule has 2 aliphatic carbocycles. The summed E-state index contributed by atoms with van der Waals surface area (Å²) in [5.74, 6) is 1.94. The third kappa shape index (κ3) is 3.41. The lowest BCUT2D eigenvalue weighted by molar-refractivity contribution is 0.0828. The number of hydrogen-bond donors (Lipinski definition) is 1. The molecule has 3 unspecified atom stereocenters. The average molecular weight is 328 g/mol. The number of amides is 2. The maximum absolute atomic E-state index is 12.3. The zero-order chi connectivity index (χ0) is 16.4. The highest BCUT2D eigenvalue weighted by Crippen LogP contribution is 2.46. The molecule has 2 bridgehead atoms. The number of aromatic nitrogens is 1. The smallest absolute Gasteiger partial charge is 0.317 e. The minimum atomic E-state index is 0.0941. The van der Waals surface area contributed by atoms with E-state index in [1.54, 1.807) is 12.4 Å². The van der Waals surface area contributed by atoms with Crippen molar-refractivity contribution in [2.24, 2.45) is 11.8 Å². The van der Waals surface area contributed by atoms with E-state index in [-0.39, 0.29) is 6.03 Å². The number of piperazine rings is 1. The summed E-state index contributed by atoms with van der Waals surface area (Å²) in [6.07, 6.45) is 10.2. The van der Waals surface area contributed by atoms with Crippen LogP contribution in [0.4, 0.5) is 4.79 Å². The van der Waals surface area contributed by atoms with Gasteiger partial charge in [-0.3, -0.25) is 9.88 Å². The van der Waals surface area contributed by atoms with Crippen LogP contribution in [0.2, 0.25) is 0 Å². The first-order valence-corrected chi connectivity index (χ1v) is 9.45. The van der Waals surface area contributed by atoms with Crippen molar-refractivity contribution in [2.75, 3.05) is 32.7 Å². The molecule has 5 nitrogen and oxygen atoms in total. The van der Waals surface area contributed by atoms with Crippen molar-refractivity contribution in [1.82, 2.24) is 20.1 Å². The maximum atomic E-state index is 12.3. The molecule has 2 heterocycles. The SMILES string of the molecule is O=C(NCCc1ccncc1)N1CCN(C2CC3CCC2C3)CC1. The molecule has 24 heavy (non-hydrogen) atoms. The van der Waals surface area contributed by atoms with Crippen molar-refractivity contribution < 1.29 is 4.79 Å². The van der Waals surface area contributed by atoms with Gasteiger partial charge in [-0.1, -0.05) is 6.42 Å². The van der Waals surface area contributed by atoms with Crippen molar-refractivity contribution in [2.45, 2.75) is 38.1 Å². The molecular formula is C19H28N4O. The molecular weight excluding hydrogens is 300 g/mol. The number of nitrogens with one attached hydrogen (secondary N) is 1. The Morgan fingerprint density at radius 3 is 2.58 bits per heavy atom. The molecule has 0 aromatic carbocycles. The second-order valence-corrected chi connectivity index (χ2v) is 7.60. The van der Waals surface area contributed by atoms with Crippen LogP contribution in [0.5, 0.6) is 0 Å². The summed E-state index contributed by atoms with van der Waals surface area (Å²) < 4.78 is 0. The molecule has 3 fully saturated rings. The first-order chi connectivity index (χ1) is 11.8. The monoisotopic (exact) mass is 328 g/mol. The molecule has 5 heteroatoms. The van der Waals surface area contributed by atoms with Crippen LogP contribution >= 0.6 is 0 Å². The lowest BCUT2D eigenvalue weighted by Gasteiger charge is -2.41. The number of carbonyl (C=O) groups excluding carboxylic acids is 1. The highest BCUT2D eigenvalue weighted by atomic mass is 16.2. The fourth-order valence-electron chi connectivity index (χ4n) is 4.89. The van der Waals surface area contributed by atoms with E-state index >= 15 is 0 Å². The maximum Gasteiger partial charge on any atom is 0.317 e. The largest absolute Gasteiger partial charge is 0.338 e. The van der Waals surface area contributed by atoms with Crippen LogP contribution in [-0.2, 0) is 6.42 Å². The third-order valence-electron chi connectivity index (χ3n) is 6.21. The van der Waals surface area contributed by atoms with Gasteiger partial charge in [0.2, 0.25) is 0 Å². The summed E-state index contributed by atoms with van der Waals surface area (Å²) in [5, 5.41) is 3.06. The van der Waals surface area contributed by atoms with Crippen molar-refractivity contribution in [3.8, 4) is 0 Å². The highest BCUT2D eigenvalue weighted by Gasteiger charge is 2.42. The van der Waals surface area contributed by atoms with Crippen molar-refractivity contribution >= 4 is 6.03 Å². The molecule has 2 amide bonds. The number of urea groups is 1. The van der Waals surface area contributed by atoms with E-state index in [4.69, 9.17) is 0 Å². The first kappa shape index (κ1) is 15.9. The van der Waals surface area contributed by atoms with E-state index in [0.29, 0.717) is 6.54 Å². The van der Waals surface area contributed by atoms with E-state index < -0.39 is 0 Å². The third-order valence-corrected chi connectivity index (χ3v) is 6.21. The summed E-state index contributed by atoms with van der Waals surface area (Å²) in [5.41, 5.74) is 1.21. The molecule has 1 aromatic heterocycles. The normalized spacial score (nSPS) is 29.8. The van der Waals surface area contributed by atoms with Crippen LogP contribution in [0.15, 0.2) is 24.5 Å². The van der Waals surface area contributed by atoms with E-state index in [1.807, 2.05) is 17.0 Å². The molecule has 130 valence electrons. The van der Waals surface area contributed by atoms with E-state index in [9.17, 15) is 4.79 Å². The van der Waals surface area contributed by atoms with Crippen LogP contribution in [0.25, 0.3) is 0 Å². The van der Waals surface area contributed by atoms with Gasteiger partial charge in [0.05, 0.1) is 0 Å². The zero-order valence-electron chi connectivity index (χ0n) is 14.4. The van der Waals surface area contributed by atoms with Gasteiger partial charge in [-0.2, -0.15) is 0 Å². The molecule has 1 N–H and O–H groups in total. The molecule has 1 aliphatic heterocycles. The lowest BCUT2D eigenvalue weighted by Crippen LogP contribution is -2.55. The zero-order valence-corrected chi connectivity index (χ0v) is 14.4. The van der Waals surface area contributed by atoms with Gasteiger partial charge in [0, 0.05) is 51.2 Å². The lowest BCUT2D eigenvalue weighted by atomic mass is 9.93. The van der Waals surface area contributed by atoms with Gasteiger partial charge in [0.15, 0.2) is 0 Å². The molecule has 2 saturated carbocycles. The number of hydrogen-bond acceptors (Lipinski definition) is 3. The molecule has 3 atom stereocenters. The Bertz CT molecular complexity index is 556. The first-order valence-electron chi connectivity index (χ1n) is 9.45. The summed E-state index contributed by atoms with van der Waals surface area (Å²) in [7, 11) is 0. The van der Waals surface area contributed by atoms with Crippen molar-refractivity contribution in [3.05, 3.63) is 30.1 Å². The summed E-state index contributed by atoms with van der Waals surface area (Å²) in [4.78, 5) is 21.0. The molecule has 4 rings (SSSR count). The Hall–Kier alpha value is -1.62.